The minimum absolute atomic E-state index is 0.191. The minimum Gasteiger partial charge on any atom is -0.338 e. The predicted octanol–water partition coefficient (Wildman–Crippen LogP) is 3.03. The largest absolute Gasteiger partial charge is 0.425 e. The average Bonchev–Trinajstić information content (AvgIpc) is 2.27. The molecule has 1 atom stereocenters. The maximum absolute atomic E-state index is 13.1. The Balaban J connectivity index is 5.44. The number of halogens is 8. The van der Waals surface area contributed by atoms with Crippen LogP contribution >= 0.6 is 0 Å². The van der Waals surface area contributed by atoms with E-state index >= 15 is 0 Å². The summed E-state index contributed by atoms with van der Waals surface area (Å²) >= 11 is 0. The molecule has 0 aromatic rings. The summed E-state index contributed by atoms with van der Waals surface area (Å²) in [5.41, 5.74) is 0. The van der Waals surface area contributed by atoms with Gasteiger partial charge in [0, 0.05) is 13.1 Å². The van der Waals surface area contributed by atoms with Crippen LogP contribution in [0.2, 0.25) is 0 Å². The van der Waals surface area contributed by atoms with Crippen LogP contribution in [0.4, 0.5) is 35.1 Å². The second-order valence-corrected chi connectivity index (χ2v) is 3.58. The SMILES string of the molecule is CCN(CC)C(=O)C(F)(F)C(F)(F)C(F)C(F)(F)F. The number of carbonyl (C=O) groups is 1. The molecule has 0 aromatic carbocycles. The van der Waals surface area contributed by atoms with E-state index in [9.17, 15) is 39.9 Å². The summed E-state index contributed by atoms with van der Waals surface area (Å²) in [6.07, 6.45) is -11.3. The number of amides is 1. The Labute approximate surface area is 103 Å². The quantitative estimate of drug-likeness (QED) is 0.715. The maximum Gasteiger partial charge on any atom is 0.425 e. The van der Waals surface area contributed by atoms with Crippen molar-refractivity contribution in [3.05, 3.63) is 0 Å². The van der Waals surface area contributed by atoms with E-state index in [1.165, 1.54) is 0 Å². The summed E-state index contributed by atoms with van der Waals surface area (Å²) in [4.78, 5) is 11.3. The standard InChI is InChI=1S/C9H11F8NO/c1-3-18(4-2)6(19)8(13,14)7(11,12)5(10)9(15,16)17/h5H,3-4H2,1-2H3. The van der Waals surface area contributed by atoms with E-state index in [1.807, 2.05) is 0 Å². The molecule has 0 heterocycles. The summed E-state index contributed by atoms with van der Waals surface area (Å²) in [5, 5.41) is 0. The zero-order valence-electron chi connectivity index (χ0n) is 9.87. The summed E-state index contributed by atoms with van der Waals surface area (Å²) in [6.45, 7) is 1.46. The van der Waals surface area contributed by atoms with Gasteiger partial charge in [-0.2, -0.15) is 30.7 Å². The van der Waals surface area contributed by atoms with E-state index in [1.54, 1.807) is 0 Å². The number of hydrogen-bond acceptors (Lipinski definition) is 1. The van der Waals surface area contributed by atoms with Crippen molar-refractivity contribution >= 4 is 5.91 Å². The number of nitrogens with zero attached hydrogens (tertiary/aromatic N) is 1. The molecule has 2 nitrogen and oxygen atoms in total. The van der Waals surface area contributed by atoms with Crippen LogP contribution in [0.3, 0.4) is 0 Å². The van der Waals surface area contributed by atoms with E-state index in [2.05, 4.69) is 0 Å². The smallest absolute Gasteiger partial charge is 0.338 e. The van der Waals surface area contributed by atoms with Crippen molar-refractivity contribution in [2.24, 2.45) is 0 Å². The van der Waals surface area contributed by atoms with Crippen molar-refractivity contribution in [3.63, 3.8) is 0 Å². The first kappa shape index (κ1) is 17.9. The normalized spacial score (nSPS) is 15.3. The van der Waals surface area contributed by atoms with Gasteiger partial charge < -0.3 is 4.90 Å². The molecule has 0 bridgehead atoms. The highest BCUT2D eigenvalue weighted by Crippen LogP contribution is 2.45. The highest BCUT2D eigenvalue weighted by Gasteiger charge is 2.73. The fraction of sp³-hybridized carbons (Fsp3) is 0.889. The number of hydrogen-bond donors (Lipinski definition) is 0. The van der Waals surface area contributed by atoms with Gasteiger partial charge in [0.2, 0.25) is 0 Å². The Morgan fingerprint density at radius 2 is 1.37 bits per heavy atom. The monoisotopic (exact) mass is 301 g/mol. The molecule has 19 heavy (non-hydrogen) atoms. The van der Waals surface area contributed by atoms with Crippen LogP contribution in [0.5, 0.6) is 0 Å². The van der Waals surface area contributed by atoms with Crippen molar-refractivity contribution in [2.45, 2.75) is 38.0 Å². The number of alkyl halides is 8. The van der Waals surface area contributed by atoms with Crippen molar-refractivity contribution in [1.29, 1.82) is 0 Å². The Bertz CT molecular complexity index is 323. The molecule has 0 N–H and O–H groups in total. The molecular formula is C9H11F8NO. The van der Waals surface area contributed by atoms with Crippen LogP contribution in [0, 0.1) is 0 Å². The van der Waals surface area contributed by atoms with Gasteiger partial charge in [0.15, 0.2) is 0 Å². The first-order valence-corrected chi connectivity index (χ1v) is 5.09. The predicted molar refractivity (Wildman–Crippen MR) is 48.8 cm³/mol. The van der Waals surface area contributed by atoms with Crippen molar-refractivity contribution < 1.29 is 39.9 Å². The molecule has 0 aliphatic rings. The molecule has 0 aromatic heterocycles. The van der Waals surface area contributed by atoms with Gasteiger partial charge >= 0.3 is 18.0 Å². The molecule has 0 rings (SSSR count). The lowest BCUT2D eigenvalue weighted by Crippen LogP contribution is -2.60. The first-order valence-electron chi connectivity index (χ1n) is 5.09. The van der Waals surface area contributed by atoms with Gasteiger partial charge in [0.25, 0.3) is 12.1 Å². The Morgan fingerprint density at radius 1 is 1.00 bits per heavy atom. The van der Waals surface area contributed by atoms with E-state index in [0.29, 0.717) is 0 Å². The Hall–Kier alpha value is -1.09. The van der Waals surface area contributed by atoms with Gasteiger partial charge in [-0.05, 0) is 13.8 Å². The summed E-state index contributed by atoms with van der Waals surface area (Å²) in [6, 6.07) is 0. The summed E-state index contributed by atoms with van der Waals surface area (Å²) in [7, 11) is 0. The molecule has 0 fully saturated rings. The molecule has 10 heteroatoms. The molecule has 0 radical (unpaired) electrons. The lowest BCUT2D eigenvalue weighted by molar-refractivity contribution is -0.299. The third-order valence-corrected chi connectivity index (χ3v) is 2.34. The third-order valence-electron chi connectivity index (χ3n) is 2.34. The zero-order valence-corrected chi connectivity index (χ0v) is 9.87. The summed E-state index contributed by atoms with van der Waals surface area (Å²) in [5.74, 6) is -14.5. The Morgan fingerprint density at radius 3 is 1.63 bits per heavy atom. The number of carbonyl (C=O) groups excluding carboxylic acids is 1. The second-order valence-electron chi connectivity index (χ2n) is 3.58. The molecule has 0 aliphatic carbocycles. The second kappa shape index (κ2) is 5.49. The van der Waals surface area contributed by atoms with Crippen LogP contribution < -0.4 is 0 Å². The van der Waals surface area contributed by atoms with Gasteiger partial charge in [-0.25, -0.2) is 4.39 Å². The van der Waals surface area contributed by atoms with Crippen LogP contribution in [0.1, 0.15) is 13.8 Å². The molecule has 0 saturated heterocycles. The van der Waals surface area contributed by atoms with E-state index in [0.717, 1.165) is 13.8 Å². The van der Waals surface area contributed by atoms with E-state index in [-0.39, 0.29) is 4.90 Å². The number of rotatable bonds is 5. The zero-order chi connectivity index (χ0) is 15.6. The molecular weight excluding hydrogens is 290 g/mol. The average molecular weight is 301 g/mol. The van der Waals surface area contributed by atoms with Gasteiger partial charge in [-0.15, -0.1) is 0 Å². The van der Waals surface area contributed by atoms with Crippen LogP contribution in [-0.4, -0.2) is 48.1 Å². The van der Waals surface area contributed by atoms with Gasteiger partial charge in [0.1, 0.15) is 0 Å². The third kappa shape index (κ3) is 3.27. The summed E-state index contributed by atoms with van der Waals surface area (Å²) < 4.78 is 99.9. The Kier molecular flexibility index (Phi) is 5.18. The highest BCUT2D eigenvalue weighted by atomic mass is 19.4. The van der Waals surface area contributed by atoms with Crippen LogP contribution in [0.25, 0.3) is 0 Å². The van der Waals surface area contributed by atoms with Crippen LogP contribution in [-0.2, 0) is 4.79 Å². The fourth-order valence-corrected chi connectivity index (χ4v) is 1.22. The molecule has 0 spiro atoms. The van der Waals surface area contributed by atoms with E-state index in [4.69, 9.17) is 0 Å². The van der Waals surface area contributed by atoms with Crippen molar-refractivity contribution in [2.75, 3.05) is 13.1 Å². The lowest BCUT2D eigenvalue weighted by Gasteiger charge is -2.32. The van der Waals surface area contributed by atoms with E-state index < -0.39 is 43.2 Å². The minimum atomic E-state index is -6.20. The van der Waals surface area contributed by atoms with Gasteiger partial charge in [-0.3, -0.25) is 4.79 Å². The van der Waals surface area contributed by atoms with Crippen molar-refractivity contribution in [3.8, 4) is 0 Å². The van der Waals surface area contributed by atoms with Gasteiger partial charge in [-0.1, -0.05) is 0 Å². The van der Waals surface area contributed by atoms with Gasteiger partial charge in [0.05, 0.1) is 0 Å². The maximum atomic E-state index is 13.1. The molecule has 1 amide bonds. The van der Waals surface area contributed by atoms with Crippen LogP contribution in [0.15, 0.2) is 0 Å². The molecule has 0 aliphatic heterocycles. The topological polar surface area (TPSA) is 20.3 Å². The molecule has 114 valence electrons. The molecule has 1 unspecified atom stereocenters. The van der Waals surface area contributed by atoms with Crippen molar-refractivity contribution in [1.82, 2.24) is 4.90 Å². The highest BCUT2D eigenvalue weighted by molar-refractivity contribution is 5.84. The fourth-order valence-electron chi connectivity index (χ4n) is 1.22. The molecule has 0 saturated carbocycles. The first-order chi connectivity index (χ1) is 8.33. The lowest BCUT2D eigenvalue weighted by atomic mass is 10.0.